The molecule has 0 radical (unpaired) electrons. The summed E-state index contributed by atoms with van der Waals surface area (Å²) in [7, 11) is 0. The van der Waals surface area contributed by atoms with Gasteiger partial charge in [-0.25, -0.2) is 4.79 Å². The second-order valence-electron chi connectivity index (χ2n) is 6.70. The van der Waals surface area contributed by atoms with Crippen LogP contribution in [0.3, 0.4) is 0 Å². The number of rotatable bonds is 6. The molecule has 1 saturated carbocycles. The Morgan fingerprint density at radius 2 is 2.04 bits per heavy atom. The molecule has 1 aliphatic rings. The fourth-order valence-corrected chi connectivity index (χ4v) is 3.17. The van der Waals surface area contributed by atoms with Crippen molar-refractivity contribution in [3.8, 4) is 0 Å². The van der Waals surface area contributed by atoms with Crippen LogP contribution >= 0.6 is 0 Å². The van der Waals surface area contributed by atoms with Crippen LogP contribution in [0, 0.1) is 22.0 Å². The van der Waals surface area contributed by atoms with E-state index in [9.17, 15) is 19.7 Å². The Labute approximate surface area is 152 Å². The van der Waals surface area contributed by atoms with Gasteiger partial charge in [0.15, 0.2) is 6.61 Å². The largest absolute Gasteiger partial charge is 0.452 e. The number of hydrogen-bond donors (Lipinski definition) is 1. The quantitative estimate of drug-likeness (QED) is 0.364. The first-order chi connectivity index (χ1) is 12.4. The van der Waals surface area contributed by atoms with Crippen molar-refractivity contribution >= 4 is 23.6 Å². The van der Waals surface area contributed by atoms with Gasteiger partial charge in [0.1, 0.15) is 0 Å². The number of para-hydroxylation sites is 1. The molecular formula is C19H24N2O5. The van der Waals surface area contributed by atoms with Gasteiger partial charge in [0.25, 0.3) is 11.6 Å². The molecule has 0 spiro atoms. The van der Waals surface area contributed by atoms with E-state index in [2.05, 4.69) is 19.2 Å². The van der Waals surface area contributed by atoms with Crippen molar-refractivity contribution in [2.45, 2.75) is 39.2 Å². The minimum Gasteiger partial charge on any atom is -0.452 e. The van der Waals surface area contributed by atoms with Gasteiger partial charge in [0, 0.05) is 18.2 Å². The van der Waals surface area contributed by atoms with Crippen molar-refractivity contribution in [1.82, 2.24) is 5.32 Å². The van der Waals surface area contributed by atoms with Gasteiger partial charge < -0.3 is 10.1 Å². The van der Waals surface area contributed by atoms with Crippen molar-refractivity contribution in [2.24, 2.45) is 11.8 Å². The van der Waals surface area contributed by atoms with Crippen LogP contribution in [-0.2, 0) is 14.3 Å². The zero-order valence-corrected chi connectivity index (χ0v) is 15.0. The first kappa shape index (κ1) is 19.6. The number of nitrogens with zero attached hydrogens (tertiary/aromatic N) is 1. The van der Waals surface area contributed by atoms with E-state index >= 15 is 0 Å². The highest BCUT2D eigenvalue weighted by molar-refractivity contribution is 5.90. The lowest BCUT2D eigenvalue weighted by molar-refractivity contribution is -0.385. The second-order valence-corrected chi connectivity index (χ2v) is 6.70. The molecule has 140 valence electrons. The number of nitro groups is 1. The Morgan fingerprint density at radius 3 is 2.77 bits per heavy atom. The number of esters is 1. The molecule has 1 N–H and O–H groups in total. The van der Waals surface area contributed by atoms with Crippen LogP contribution in [0.4, 0.5) is 5.69 Å². The van der Waals surface area contributed by atoms with E-state index in [1.807, 2.05) is 0 Å². The smallest absolute Gasteiger partial charge is 0.331 e. The lowest BCUT2D eigenvalue weighted by Crippen LogP contribution is -2.45. The van der Waals surface area contributed by atoms with E-state index < -0.39 is 10.9 Å². The maximum absolute atomic E-state index is 12.0. The van der Waals surface area contributed by atoms with E-state index in [0.29, 0.717) is 17.4 Å². The standard InChI is InChI=1S/C19H24N2O5/c1-13-6-5-8-16(14(13)2)20-18(22)12-26-19(23)11-10-15-7-3-4-9-17(15)21(24)25/h3-4,7,9-11,13-14,16H,5-6,8,12H2,1-2H3,(H,20,22)/b11-10+/t13-,14+,16+/m0/s1. The van der Waals surface area contributed by atoms with E-state index in [-0.39, 0.29) is 24.2 Å². The van der Waals surface area contributed by atoms with Crippen LogP contribution in [0.1, 0.15) is 38.7 Å². The molecule has 0 aliphatic heterocycles. The number of amides is 1. The lowest BCUT2D eigenvalue weighted by atomic mass is 9.78. The fraction of sp³-hybridized carbons (Fsp3) is 0.474. The second kappa shape index (κ2) is 9.12. The number of carbonyl (C=O) groups is 2. The molecule has 1 aliphatic carbocycles. The molecule has 7 heteroatoms. The summed E-state index contributed by atoms with van der Waals surface area (Å²) >= 11 is 0. The Morgan fingerprint density at radius 1 is 1.31 bits per heavy atom. The van der Waals surface area contributed by atoms with Gasteiger partial charge >= 0.3 is 5.97 Å². The third kappa shape index (κ3) is 5.40. The Balaban J connectivity index is 1.83. The predicted molar refractivity (Wildman–Crippen MR) is 97.2 cm³/mol. The Kier molecular flexibility index (Phi) is 6.89. The summed E-state index contributed by atoms with van der Waals surface area (Å²) in [6, 6.07) is 6.17. The fourth-order valence-electron chi connectivity index (χ4n) is 3.17. The summed E-state index contributed by atoms with van der Waals surface area (Å²) in [5, 5.41) is 13.8. The van der Waals surface area contributed by atoms with Crippen molar-refractivity contribution in [2.75, 3.05) is 6.61 Å². The SMILES string of the molecule is C[C@@H]1[C@@H](C)CCC[C@H]1NC(=O)COC(=O)/C=C/c1ccccc1[N+](=O)[O-]. The van der Waals surface area contributed by atoms with Gasteiger partial charge in [0.2, 0.25) is 0 Å². The number of benzene rings is 1. The van der Waals surface area contributed by atoms with Crippen LogP contribution < -0.4 is 5.32 Å². The van der Waals surface area contributed by atoms with Gasteiger partial charge in [-0.05, 0) is 30.4 Å². The predicted octanol–water partition coefficient (Wildman–Crippen LogP) is 3.09. The first-order valence-electron chi connectivity index (χ1n) is 8.76. The Hall–Kier alpha value is -2.70. The van der Waals surface area contributed by atoms with Gasteiger partial charge in [-0.15, -0.1) is 0 Å². The molecule has 1 fully saturated rings. The van der Waals surface area contributed by atoms with Crippen LogP contribution in [0.5, 0.6) is 0 Å². The van der Waals surface area contributed by atoms with Gasteiger partial charge in [-0.1, -0.05) is 38.8 Å². The molecule has 0 unspecified atom stereocenters. The Bertz CT molecular complexity index is 701. The minimum absolute atomic E-state index is 0.102. The third-order valence-corrected chi connectivity index (χ3v) is 4.93. The average Bonchev–Trinajstić information content (AvgIpc) is 2.62. The normalized spacial score (nSPS) is 22.8. The first-order valence-corrected chi connectivity index (χ1v) is 8.76. The van der Waals surface area contributed by atoms with Gasteiger partial charge in [-0.2, -0.15) is 0 Å². The molecule has 0 aromatic heterocycles. The van der Waals surface area contributed by atoms with E-state index in [1.165, 1.54) is 24.6 Å². The summed E-state index contributed by atoms with van der Waals surface area (Å²) < 4.78 is 4.92. The van der Waals surface area contributed by atoms with Crippen molar-refractivity contribution < 1.29 is 19.2 Å². The summed E-state index contributed by atoms with van der Waals surface area (Å²) in [6.45, 7) is 3.94. The molecule has 26 heavy (non-hydrogen) atoms. The molecular weight excluding hydrogens is 336 g/mol. The van der Waals surface area contributed by atoms with Crippen LogP contribution in [0.15, 0.2) is 30.3 Å². The van der Waals surface area contributed by atoms with Crippen molar-refractivity contribution in [3.05, 3.63) is 46.0 Å². The third-order valence-electron chi connectivity index (χ3n) is 4.93. The number of ether oxygens (including phenoxy) is 1. The summed E-state index contributed by atoms with van der Waals surface area (Å²) in [6.07, 6.45) is 5.57. The van der Waals surface area contributed by atoms with E-state index in [1.54, 1.807) is 12.1 Å². The van der Waals surface area contributed by atoms with Crippen LogP contribution in [0.25, 0.3) is 6.08 Å². The average molecular weight is 360 g/mol. The highest BCUT2D eigenvalue weighted by atomic mass is 16.6. The maximum atomic E-state index is 12.0. The topological polar surface area (TPSA) is 98.5 Å². The molecule has 1 amide bonds. The molecule has 7 nitrogen and oxygen atoms in total. The molecule has 1 aromatic carbocycles. The number of hydrogen-bond acceptors (Lipinski definition) is 5. The molecule has 0 bridgehead atoms. The van der Waals surface area contributed by atoms with Gasteiger partial charge in [0.05, 0.1) is 10.5 Å². The summed E-state index contributed by atoms with van der Waals surface area (Å²) in [5.41, 5.74) is 0.193. The number of nitrogens with one attached hydrogen (secondary N) is 1. The van der Waals surface area contributed by atoms with E-state index in [0.717, 1.165) is 18.9 Å². The van der Waals surface area contributed by atoms with Crippen molar-refractivity contribution in [3.63, 3.8) is 0 Å². The lowest BCUT2D eigenvalue weighted by Gasteiger charge is -2.34. The van der Waals surface area contributed by atoms with Crippen molar-refractivity contribution in [1.29, 1.82) is 0 Å². The maximum Gasteiger partial charge on any atom is 0.331 e. The number of carbonyl (C=O) groups excluding carboxylic acids is 2. The van der Waals surface area contributed by atoms with Crippen LogP contribution in [-0.4, -0.2) is 29.4 Å². The molecule has 1 aromatic rings. The molecule has 0 heterocycles. The zero-order valence-electron chi connectivity index (χ0n) is 15.0. The number of nitro benzene ring substituents is 1. The van der Waals surface area contributed by atoms with Gasteiger partial charge in [-0.3, -0.25) is 14.9 Å². The monoisotopic (exact) mass is 360 g/mol. The zero-order chi connectivity index (χ0) is 19.1. The van der Waals surface area contributed by atoms with E-state index in [4.69, 9.17) is 4.74 Å². The van der Waals surface area contributed by atoms with Crippen LogP contribution in [0.2, 0.25) is 0 Å². The minimum atomic E-state index is -0.719. The molecule has 2 rings (SSSR count). The highest BCUT2D eigenvalue weighted by Crippen LogP contribution is 2.29. The summed E-state index contributed by atoms with van der Waals surface area (Å²) in [4.78, 5) is 34.1. The summed E-state index contributed by atoms with van der Waals surface area (Å²) in [5.74, 6) is -0.102. The molecule has 0 saturated heterocycles. The highest BCUT2D eigenvalue weighted by Gasteiger charge is 2.28. The molecule has 3 atom stereocenters.